The average Bonchev–Trinajstić information content (AvgIpc) is 3.11. The molecule has 1 aliphatic rings. The van der Waals surface area contributed by atoms with E-state index in [1.165, 1.54) is 0 Å². The number of hydrogen-bond donors (Lipinski definition) is 0. The second-order valence-electron chi connectivity index (χ2n) is 6.33. The number of methoxy groups -OCH3 is 1. The van der Waals surface area contributed by atoms with Gasteiger partial charge >= 0.3 is 0 Å². The molecule has 1 fully saturated rings. The summed E-state index contributed by atoms with van der Waals surface area (Å²) in [5, 5.41) is 0.856. The zero-order valence-corrected chi connectivity index (χ0v) is 14.6. The number of carbonyl (C=O) groups is 1. The van der Waals surface area contributed by atoms with Crippen LogP contribution in [0, 0.1) is 0 Å². The van der Waals surface area contributed by atoms with E-state index in [4.69, 9.17) is 13.9 Å². The first-order chi connectivity index (χ1) is 12.7. The maximum Gasteiger partial charge on any atom is 0.289 e. The summed E-state index contributed by atoms with van der Waals surface area (Å²) in [5.41, 5.74) is 0.677. The summed E-state index contributed by atoms with van der Waals surface area (Å²) in [5.74, 6) is 1.75. The zero-order valence-electron chi connectivity index (χ0n) is 14.6. The number of nitrogens with zero attached hydrogens (tertiary/aromatic N) is 2. The van der Waals surface area contributed by atoms with Crippen molar-refractivity contribution >= 4 is 16.9 Å². The van der Waals surface area contributed by atoms with Crippen LogP contribution in [0.1, 0.15) is 23.4 Å². The van der Waals surface area contributed by atoms with Gasteiger partial charge in [-0.05, 0) is 49.2 Å². The van der Waals surface area contributed by atoms with Crippen molar-refractivity contribution in [1.82, 2.24) is 9.88 Å². The maximum absolute atomic E-state index is 12.9. The van der Waals surface area contributed by atoms with Gasteiger partial charge in [-0.3, -0.25) is 9.78 Å². The SMILES string of the molecule is COc1ccc2oc(C(=O)N3CCC[C@@H](Oc4ccncc4)C3)cc2c1. The number of likely N-dealkylation sites (tertiary alicyclic amines) is 1. The highest BCUT2D eigenvalue weighted by molar-refractivity contribution is 5.96. The van der Waals surface area contributed by atoms with Gasteiger partial charge < -0.3 is 18.8 Å². The number of benzene rings is 1. The Labute approximate surface area is 151 Å². The molecule has 6 nitrogen and oxygen atoms in total. The number of ether oxygens (including phenoxy) is 2. The molecule has 134 valence electrons. The van der Waals surface area contributed by atoms with E-state index >= 15 is 0 Å². The van der Waals surface area contributed by atoms with Gasteiger partial charge in [-0.25, -0.2) is 0 Å². The van der Waals surface area contributed by atoms with Gasteiger partial charge in [-0.15, -0.1) is 0 Å². The Morgan fingerprint density at radius 3 is 2.85 bits per heavy atom. The minimum atomic E-state index is -0.108. The molecule has 0 spiro atoms. The summed E-state index contributed by atoms with van der Waals surface area (Å²) in [6, 6.07) is 10.9. The second-order valence-corrected chi connectivity index (χ2v) is 6.33. The van der Waals surface area contributed by atoms with Crippen molar-refractivity contribution in [1.29, 1.82) is 0 Å². The fraction of sp³-hybridized carbons (Fsp3) is 0.300. The number of amides is 1. The number of hydrogen-bond acceptors (Lipinski definition) is 5. The lowest BCUT2D eigenvalue weighted by Crippen LogP contribution is -2.44. The monoisotopic (exact) mass is 352 g/mol. The molecule has 1 aliphatic heterocycles. The summed E-state index contributed by atoms with van der Waals surface area (Å²) in [4.78, 5) is 18.6. The quantitative estimate of drug-likeness (QED) is 0.719. The van der Waals surface area contributed by atoms with Gasteiger partial charge in [-0.2, -0.15) is 0 Å². The highest BCUT2D eigenvalue weighted by Crippen LogP contribution is 2.26. The maximum atomic E-state index is 12.9. The van der Waals surface area contributed by atoms with E-state index in [1.807, 2.05) is 30.3 Å². The van der Waals surface area contributed by atoms with E-state index in [0.717, 1.165) is 29.7 Å². The van der Waals surface area contributed by atoms with Crippen molar-refractivity contribution in [3.63, 3.8) is 0 Å². The van der Waals surface area contributed by atoms with Crippen LogP contribution in [0.4, 0.5) is 0 Å². The molecule has 1 aromatic carbocycles. The third-order valence-corrected chi connectivity index (χ3v) is 4.55. The van der Waals surface area contributed by atoms with Gasteiger partial charge in [0.2, 0.25) is 0 Å². The van der Waals surface area contributed by atoms with Crippen LogP contribution < -0.4 is 9.47 Å². The largest absolute Gasteiger partial charge is 0.497 e. The van der Waals surface area contributed by atoms with Crippen LogP contribution in [-0.2, 0) is 0 Å². The number of fused-ring (bicyclic) bond motifs is 1. The first kappa shape index (κ1) is 16.4. The minimum Gasteiger partial charge on any atom is -0.497 e. The van der Waals surface area contributed by atoms with Crippen molar-refractivity contribution in [2.75, 3.05) is 20.2 Å². The summed E-state index contributed by atoms with van der Waals surface area (Å²) >= 11 is 0. The predicted molar refractivity (Wildman–Crippen MR) is 96.6 cm³/mol. The molecule has 1 atom stereocenters. The molecule has 0 radical (unpaired) electrons. The van der Waals surface area contributed by atoms with E-state index in [-0.39, 0.29) is 12.0 Å². The summed E-state index contributed by atoms with van der Waals surface area (Å²) in [7, 11) is 1.62. The Kier molecular flexibility index (Phi) is 4.48. The molecule has 6 heteroatoms. The minimum absolute atomic E-state index is 0.0282. The Morgan fingerprint density at radius 2 is 2.04 bits per heavy atom. The van der Waals surface area contributed by atoms with Crippen LogP contribution >= 0.6 is 0 Å². The molecule has 3 heterocycles. The van der Waals surface area contributed by atoms with E-state index in [2.05, 4.69) is 4.98 Å². The van der Waals surface area contributed by atoms with Crippen LogP contribution in [-0.4, -0.2) is 42.1 Å². The normalized spacial score (nSPS) is 17.3. The standard InChI is InChI=1S/C20H20N2O4/c1-24-16-4-5-18-14(11-16)12-19(26-18)20(23)22-10-2-3-17(13-22)25-15-6-8-21-9-7-15/h4-9,11-12,17H,2-3,10,13H2,1H3/t17-/m1/s1. The number of carbonyl (C=O) groups excluding carboxylic acids is 1. The van der Waals surface area contributed by atoms with Gasteiger partial charge in [0.15, 0.2) is 5.76 Å². The molecule has 4 rings (SSSR count). The Morgan fingerprint density at radius 1 is 1.19 bits per heavy atom. The van der Waals surface area contributed by atoms with Crippen LogP contribution in [0.5, 0.6) is 11.5 Å². The average molecular weight is 352 g/mol. The number of aromatic nitrogens is 1. The molecule has 3 aromatic rings. The van der Waals surface area contributed by atoms with Gasteiger partial charge in [0, 0.05) is 24.3 Å². The zero-order chi connectivity index (χ0) is 17.9. The molecule has 1 saturated heterocycles. The van der Waals surface area contributed by atoms with E-state index in [0.29, 0.717) is 24.4 Å². The molecule has 0 N–H and O–H groups in total. The lowest BCUT2D eigenvalue weighted by molar-refractivity contribution is 0.0512. The summed E-state index contributed by atoms with van der Waals surface area (Å²) < 4.78 is 16.9. The van der Waals surface area contributed by atoms with Crippen molar-refractivity contribution in [2.45, 2.75) is 18.9 Å². The number of pyridine rings is 1. The fourth-order valence-electron chi connectivity index (χ4n) is 3.24. The highest BCUT2D eigenvalue weighted by atomic mass is 16.5. The lowest BCUT2D eigenvalue weighted by Gasteiger charge is -2.32. The van der Waals surface area contributed by atoms with Crippen molar-refractivity contribution in [2.24, 2.45) is 0 Å². The van der Waals surface area contributed by atoms with Crippen molar-refractivity contribution in [3.8, 4) is 11.5 Å². The number of rotatable bonds is 4. The lowest BCUT2D eigenvalue weighted by atomic mass is 10.1. The first-order valence-electron chi connectivity index (χ1n) is 8.66. The van der Waals surface area contributed by atoms with E-state index in [1.54, 1.807) is 30.5 Å². The van der Waals surface area contributed by atoms with Gasteiger partial charge in [0.25, 0.3) is 5.91 Å². The van der Waals surface area contributed by atoms with Crippen molar-refractivity contribution in [3.05, 3.63) is 54.6 Å². The highest BCUT2D eigenvalue weighted by Gasteiger charge is 2.27. The molecule has 2 aromatic heterocycles. The molecule has 26 heavy (non-hydrogen) atoms. The Hall–Kier alpha value is -3.02. The molecule has 1 amide bonds. The number of piperidine rings is 1. The third kappa shape index (κ3) is 3.35. The summed E-state index contributed by atoms with van der Waals surface area (Å²) in [6.45, 7) is 1.25. The fourth-order valence-corrected chi connectivity index (χ4v) is 3.24. The molecule has 0 bridgehead atoms. The second kappa shape index (κ2) is 7.07. The summed E-state index contributed by atoms with van der Waals surface area (Å²) in [6.07, 6.45) is 5.19. The molecule has 0 unspecified atom stereocenters. The third-order valence-electron chi connectivity index (χ3n) is 4.55. The van der Waals surface area contributed by atoms with Gasteiger partial charge in [0.05, 0.1) is 13.7 Å². The topological polar surface area (TPSA) is 64.8 Å². The van der Waals surface area contributed by atoms with Crippen molar-refractivity contribution < 1.29 is 18.7 Å². The van der Waals surface area contributed by atoms with Crippen LogP contribution in [0.2, 0.25) is 0 Å². The number of furan rings is 1. The predicted octanol–water partition coefficient (Wildman–Crippen LogP) is 3.52. The van der Waals surface area contributed by atoms with Crippen LogP contribution in [0.15, 0.2) is 53.2 Å². The van der Waals surface area contributed by atoms with Gasteiger partial charge in [-0.1, -0.05) is 0 Å². The van der Waals surface area contributed by atoms with Gasteiger partial charge in [0.1, 0.15) is 23.2 Å². The smallest absolute Gasteiger partial charge is 0.289 e. The molecule has 0 aliphatic carbocycles. The Bertz CT molecular complexity index is 907. The first-order valence-corrected chi connectivity index (χ1v) is 8.66. The molecular weight excluding hydrogens is 332 g/mol. The molecule has 0 saturated carbocycles. The Balaban J connectivity index is 1.48. The van der Waals surface area contributed by atoms with E-state index in [9.17, 15) is 4.79 Å². The van der Waals surface area contributed by atoms with E-state index < -0.39 is 0 Å². The molecular formula is C20H20N2O4. The van der Waals surface area contributed by atoms with Crippen LogP contribution in [0.3, 0.4) is 0 Å². The van der Waals surface area contributed by atoms with Crippen LogP contribution in [0.25, 0.3) is 11.0 Å².